The van der Waals surface area contributed by atoms with Gasteiger partial charge in [0.05, 0.1) is 29.5 Å². The topological polar surface area (TPSA) is 141 Å². The molecule has 0 saturated heterocycles. The molecule has 170 valence electrons. The van der Waals surface area contributed by atoms with Crippen molar-refractivity contribution in [2.45, 2.75) is 77.6 Å². The van der Waals surface area contributed by atoms with Crippen LogP contribution < -0.4 is 0 Å². The molecule has 3 rings (SSSR count). The van der Waals surface area contributed by atoms with Crippen LogP contribution in [0.4, 0.5) is 0 Å². The second kappa shape index (κ2) is 8.46. The lowest BCUT2D eigenvalue weighted by atomic mass is 9.78. The van der Waals surface area contributed by atoms with Crippen molar-refractivity contribution in [1.29, 1.82) is 0 Å². The molecule has 9 unspecified atom stereocenters. The van der Waals surface area contributed by atoms with Crippen LogP contribution in [-0.4, -0.2) is 56.6 Å². The maximum Gasteiger partial charge on any atom is 0.309 e. The summed E-state index contributed by atoms with van der Waals surface area (Å²) in [5, 5.41) is 39.2. The molecule has 3 saturated carbocycles. The zero-order chi connectivity index (χ0) is 22.4. The molecule has 0 spiro atoms. The first-order chi connectivity index (χ1) is 14.0. The summed E-state index contributed by atoms with van der Waals surface area (Å²) in [5.41, 5.74) is -1.20. The second-order valence-electron chi connectivity index (χ2n) is 10.2. The molecular weight excluding hydrogens is 392 g/mol. The first-order valence-corrected chi connectivity index (χ1v) is 11.0. The monoisotopic (exact) mass is 426 g/mol. The normalized spacial score (nSPS) is 36.9. The van der Waals surface area contributed by atoms with E-state index >= 15 is 0 Å². The molecule has 4 N–H and O–H groups in total. The van der Waals surface area contributed by atoms with Gasteiger partial charge in [0, 0.05) is 5.92 Å². The molecule has 8 nitrogen and oxygen atoms in total. The van der Waals surface area contributed by atoms with E-state index in [0.29, 0.717) is 18.8 Å². The van der Waals surface area contributed by atoms with Gasteiger partial charge in [0.15, 0.2) is 0 Å². The molecule has 8 heteroatoms. The zero-order valence-corrected chi connectivity index (χ0v) is 17.9. The van der Waals surface area contributed by atoms with Gasteiger partial charge in [-0.2, -0.15) is 0 Å². The van der Waals surface area contributed by atoms with Crippen LogP contribution in [0.2, 0.25) is 0 Å². The Balaban J connectivity index is 1.62. The van der Waals surface area contributed by atoms with Gasteiger partial charge >= 0.3 is 17.9 Å². The molecule has 30 heavy (non-hydrogen) atoms. The number of aliphatic hydroxyl groups is 2. The smallest absolute Gasteiger partial charge is 0.309 e. The molecule has 0 aliphatic heterocycles. The molecule has 0 aromatic carbocycles. The molecule has 9 atom stereocenters. The number of rotatable bonds is 9. The van der Waals surface area contributed by atoms with Crippen molar-refractivity contribution in [2.75, 3.05) is 0 Å². The Kier molecular flexibility index (Phi) is 6.49. The number of esters is 1. The molecule has 0 amide bonds. The quantitative estimate of drug-likeness (QED) is 0.410. The number of hydrogen-bond acceptors (Lipinski definition) is 6. The van der Waals surface area contributed by atoms with Gasteiger partial charge in [0.2, 0.25) is 0 Å². The number of aliphatic carboxylic acids is 2. The van der Waals surface area contributed by atoms with Gasteiger partial charge in [-0.15, -0.1) is 0 Å². The molecule has 3 aliphatic rings. The molecule has 0 heterocycles. The zero-order valence-electron chi connectivity index (χ0n) is 17.9. The lowest BCUT2D eigenvalue weighted by Gasteiger charge is -2.33. The summed E-state index contributed by atoms with van der Waals surface area (Å²) in [4.78, 5) is 36.0. The van der Waals surface area contributed by atoms with Gasteiger partial charge in [-0.3, -0.25) is 14.4 Å². The average Bonchev–Trinajstić information content (AvgIpc) is 3.30. The highest BCUT2D eigenvalue weighted by atomic mass is 16.5. The number of aliphatic hydroxyl groups excluding tert-OH is 2. The number of carbonyl (C=O) groups is 3. The van der Waals surface area contributed by atoms with Gasteiger partial charge < -0.3 is 25.2 Å². The molecule has 2 bridgehead atoms. The van der Waals surface area contributed by atoms with Crippen LogP contribution in [0.5, 0.6) is 0 Å². The highest BCUT2D eigenvalue weighted by molar-refractivity contribution is 5.77. The number of carboxylic acid groups (broad SMARTS) is 2. The summed E-state index contributed by atoms with van der Waals surface area (Å²) in [6, 6.07) is 0. The minimum absolute atomic E-state index is 0.0369. The second-order valence-corrected chi connectivity index (χ2v) is 10.2. The average molecular weight is 427 g/mol. The van der Waals surface area contributed by atoms with Crippen molar-refractivity contribution in [3.05, 3.63) is 0 Å². The van der Waals surface area contributed by atoms with E-state index in [1.54, 1.807) is 6.92 Å². The summed E-state index contributed by atoms with van der Waals surface area (Å²) in [7, 11) is 0. The predicted octanol–water partition coefficient (Wildman–Crippen LogP) is 1.91. The van der Waals surface area contributed by atoms with E-state index < -0.39 is 47.4 Å². The third kappa shape index (κ3) is 4.21. The Morgan fingerprint density at radius 2 is 1.70 bits per heavy atom. The lowest BCUT2D eigenvalue weighted by molar-refractivity contribution is -0.161. The SMILES string of the molecule is CCC(CC(CC(C)(C)C(=O)O)C(=O)O)C(=O)OC1CC2CC1C1C(O)C(O)CC21. The Morgan fingerprint density at radius 3 is 2.27 bits per heavy atom. The van der Waals surface area contributed by atoms with Gasteiger partial charge in [-0.25, -0.2) is 0 Å². The number of carbonyl (C=O) groups excluding carboxylic acids is 1. The van der Waals surface area contributed by atoms with Crippen molar-refractivity contribution in [2.24, 2.45) is 40.9 Å². The maximum atomic E-state index is 12.9. The Hall–Kier alpha value is -1.67. The van der Waals surface area contributed by atoms with Crippen LogP contribution in [0.15, 0.2) is 0 Å². The van der Waals surface area contributed by atoms with E-state index in [9.17, 15) is 34.8 Å². The van der Waals surface area contributed by atoms with Crippen LogP contribution in [0.1, 0.15) is 59.3 Å². The summed E-state index contributed by atoms with van der Waals surface area (Å²) >= 11 is 0. The number of hydrogen-bond donors (Lipinski definition) is 4. The highest BCUT2D eigenvalue weighted by Crippen LogP contribution is 2.59. The van der Waals surface area contributed by atoms with Gasteiger partial charge in [0.25, 0.3) is 0 Å². The summed E-state index contributed by atoms with van der Waals surface area (Å²) < 4.78 is 5.81. The molecule has 3 fully saturated rings. The van der Waals surface area contributed by atoms with Gasteiger partial charge in [0.1, 0.15) is 6.10 Å². The standard InChI is InChI=1S/C22H34O8/c1-4-10(5-12(19(25)26)9-22(2,3)21(28)29)20(27)30-16-7-11-6-14(16)17-13(11)8-15(23)18(17)24/h10-18,23-24H,4-9H2,1-3H3,(H,25,26)(H,28,29). The third-order valence-electron chi connectivity index (χ3n) is 7.83. The predicted molar refractivity (Wildman–Crippen MR) is 105 cm³/mol. The van der Waals surface area contributed by atoms with E-state index in [1.165, 1.54) is 13.8 Å². The molecule has 0 aromatic heterocycles. The number of carboxylic acids is 2. The van der Waals surface area contributed by atoms with E-state index in [-0.39, 0.29) is 36.7 Å². The van der Waals surface area contributed by atoms with Gasteiger partial charge in [-0.1, -0.05) is 6.92 Å². The third-order valence-corrected chi connectivity index (χ3v) is 7.83. The Morgan fingerprint density at radius 1 is 1.03 bits per heavy atom. The molecule has 0 radical (unpaired) electrons. The van der Waals surface area contributed by atoms with Crippen LogP contribution in [0.3, 0.4) is 0 Å². The fraction of sp³-hybridized carbons (Fsp3) is 0.864. The molecule has 0 aromatic rings. The van der Waals surface area contributed by atoms with Crippen molar-refractivity contribution in [1.82, 2.24) is 0 Å². The lowest BCUT2D eigenvalue weighted by Crippen LogP contribution is -2.39. The molecular formula is C22H34O8. The van der Waals surface area contributed by atoms with Crippen LogP contribution in [0, 0.1) is 40.9 Å². The van der Waals surface area contributed by atoms with Gasteiger partial charge in [-0.05, 0) is 70.1 Å². The summed E-state index contributed by atoms with van der Waals surface area (Å²) in [6.45, 7) is 4.76. The van der Waals surface area contributed by atoms with Crippen LogP contribution in [-0.2, 0) is 19.1 Å². The minimum Gasteiger partial charge on any atom is -0.481 e. The minimum atomic E-state index is -1.20. The number of fused-ring (bicyclic) bond motifs is 5. The van der Waals surface area contributed by atoms with Crippen molar-refractivity contribution in [3.8, 4) is 0 Å². The Labute approximate surface area is 176 Å². The van der Waals surface area contributed by atoms with Crippen molar-refractivity contribution < 1.29 is 39.5 Å². The maximum absolute atomic E-state index is 12.9. The largest absolute Gasteiger partial charge is 0.481 e. The van der Waals surface area contributed by atoms with Crippen LogP contribution >= 0.6 is 0 Å². The van der Waals surface area contributed by atoms with E-state index in [2.05, 4.69) is 0 Å². The highest BCUT2D eigenvalue weighted by Gasteiger charge is 2.60. The Bertz CT molecular complexity index is 689. The fourth-order valence-electron chi connectivity index (χ4n) is 6.12. The molecule has 3 aliphatic carbocycles. The number of ether oxygens (including phenoxy) is 1. The summed E-state index contributed by atoms with van der Waals surface area (Å²) in [5.74, 6) is -3.58. The van der Waals surface area contributed by atoms with E-state index in [0.717, 1.165) is 12.8 Å². The van der Waals surface area contributed by atoms with E-state index in [4.69, 9.17) is 4.74 Å². The first-order valence-electron chi connectivity index (χ1n) is 11.0. The fourth-order valence-corrected chi connectivity index (χ4v) is 6.12. The summed E-state index contributed by atoms with van der Waals surface area (Å²) in [6.07, 6.45) is 0.797. The van der Waals surface area contributed by atoms with E-state index in [1.807, 2.05) is 0 Å². The van der Waals surface area contributed by atoms with Crippen molar-refractivity contribution in [3.63, 3.8) is 0 Å². The van der Waals surface area contributed by atoms with Crippen molar-refractivity contribution >= 4 is 17.9 Å². The van der Waals surface area contributed by atoms with Crippen LogP contribution in [0.25, 0.3) is 0 Å². The first kappa shape index (κ1) is 23.0.